The van der Waals surface area contributed by atoms with Gasteiger partial charge in [0, 0.05) is 12.8 Å². The van der Waals surface area contributed by atoms with E-state index in [0.29, 0.717) is 12.2 Å². The van der Waals surface area contributed by atoms with Gasteiger partial charge in [-0.05, 0) is 19.1 Å². The van der Waals surface area contributed by atoms with Gasteiger partial charge >= 0.3 is 0 Å². The standard InChI is InChI=1S/C11H13N3O3/c1-2-17-7-9(15)11(16)14-10-4-3-8(5-12)6-13-10/h3-4,6,9,15H,2,7H2,1H3,(H,13,14,16)/t9-/m0/s1. The summed E-state index contributed by atoms with van der Waals surface area (Å²) in [6, 6.07) is 4.93. The van der Waals surface area contributed by atoms with Crippen LogP contribution in [0.5, 0.6) is 0 Å². The Morgan fingerprint density at radius 1 is 1.71 bits per heavy atom. The van der Waals surface area contributed by atoms with Crippen LogP contribution in [0.1, 0.15) is 12.5 Å². The molecule has 0 bridgehead atoms. The number of hydrogen-bond donors (Lipinski definition) is 2. The van der Waals surface area contributed by atoms with E-state index in [0.717, 1.165) is 0 Å². The average Bonchev–Trinajstić information content (AvgIpc) is 2.36. The Bertz CT molecular complexity index is 411. The van der Waals surface area contributed by atoms with Gasteiger partial charge < -0.3 is 15.2 Å². The second-order valence-corrected chi connectivity index (χ2v) is 3.21. The van der Waals surface area contributed by atoms with Crippen molar-refractivity contribution in [3.8, 4) is 6.07 Å². The molecule has 0 unspecified atom stereocenters. The highest BCUT2D eigenvalue weighted by atomic mass is 16.5. The number of aliphatic hydroxyl groups is 1. The maximum atomic E-state index is 11.4. The first kappa shape index (κ1) is 13.1. The number of ether oxygens (including phenoxy) is 1. The molecule has 1 aromatic heterocycles. The van der Waals surface area contributed by atoms with Gasteiger partial charge in [-0.2, -0.15) is 5.26 Å². The van der Waals surface area contributed by atoms with E-state index in [4.69, 9.17) is 10.00 Å². The summed E-state index contributed by atoms with van der Waals surface area (Å²) in [4.78, 5) is 15.3. The molecule has 2 N–H and O–H groups in total. The molecule has 1 atom stereocenters. The molecule has 0 spiro atoms. The fraction of sp³-hybridized carbons (Fsp3) is 0.364. The summed E-state index contributed by atoms with van der Waals surface area (Å²) in [5, 5.41) is 20.4. The first-order chi connectivity index (χ1) is 8.17. The summed E-state index contributed by atoms with van der Waals surface area (Å²) in [6.07, 6.45) is 0.109. The Morgan fingerprint density at radius 2 is 2.47 bits per heavy atom. The number of rotatable bonds is 5. The lowest BCUT2D eigenvalue weighted by Crippen LogP contribution is -2.32. The zero-order valence-electron chi connectivity index (χ0n) is 9.38. The maximum Gasteiger partial charge on any atom is 0.256 e. The van der Waals surface area contributed by atoms with E-state index < -0.39 is 12.0 Å². The number of nitrogens with zero attached hydrogens (tertiary/aromatic N) is 2. The Kier molecular flexibility index (Phi) is 5.07. The van der Waals surface area contributed by atoms with Crippen LogP contribution in [0, 0.1) is 11.3 Å². The van der Waals surface area contributed by atoms with E-state index >= 15 is 0 Å². The van der Waals surface area contributed by atoms with Gasteiger partial charge in [0.1, 0.15) is 11.9 Å². The predicted molar refractivity (Wildman–Crippen MR) is 60.1 cm³/mol. The molecule has 0 radical (unpaired) electrons. The smallest absolute Gasteiger partial charge is 0.256 e. The topological polar surface area (TPSA) is 95.2 Å². The lowest BCUT2D eigenvalue weighted by molar-refractivity contribution is -0.126. The van der Waals surface area contributed by atoms with Crippen LogP contribution in [0.4, 0.5) is 5.82 Å². The van der Waals surface area contributed by atoms with Gasteiger partial charge in [0.25, 0.3) is 5.91 Å². The van der Waals surface area contributed by atoms with Crippen molar-refractivity contribution in [3.05, 3.63) is 23.9 Å². The number of anilines is 1. The van der Waals surface area contributed by atoms with E-state index in [1.165, 1.54) is 18.3 Å². The molecule has 0 aliphatic rings. The number of nitrogens with one attached hydrogen (secondary N) is 1. The number of hydrogen-bond acceptors (Lipinski definition) is 5. The fourth-order valence-corrected chi connectivity index (χ4v) is 1.05. The van der Waals surface area contributed by atoms with Crippen molar-refractivity contribution < 1.29 is 14.6 Å². The third kappa shape index (κ3) is 4.18. The maximum absolute atomic E-state index is 11.4. The number of pyridine rings is 1. The summed E-state index contributed by atoms with van der Waals surface area (Å²) in [5.74, 6) is -0.305. The lowest BCUT2D eigenvalue weighted by Gasteiger charge is -2.10. The summed E-state index contributed by atoms with van der Waals surface area (Å²) >= 11 is 0. The minimum absolute atomic E-state index is 0.0569. The van der Waals surface area contributed by atoms with Crippen molar-refractivity contribution in [3.63, 3.8) is 0 Å². The summed E-state index contributed by atoms with van der Waals surface area (Å²) in [5.41, 5.74) is 0.401. The molecule has 6 heteroatoms. The van der Waals surface area contributed by atoms with Crippen LogP contribution in [-0.4, -0.2) is 35.3 Å². The van der Waals surface area contributed by atoms with Crippen LogP contribution < -0.4 is 5.32 Å². The Morgan fingerprint density at radius 3 is 3.00 bits per heavy atom. The van der Waals surface area contributed by atoms with Crippen LogP contribution in [0.3, 0.4) is 0 Å². The number of aliphatic hydroxyl groups excluding tert-OH is 1. The molecule has 6 nitrogen and oxygen atoms in total. The van der Waals surface area contributed by atoms with Crippen LogP contribution in [-0.2, 0) is 9.53 Å². The third-order valence-corrected chi connectivity index (χ3v) is 1.93. The zero-order chi connectivity index (χ0) is 12.7. The monoisotopic (exact) mass is 235 g/mol. The van der Waals surface area contributed by atoms with Gasteiger partial charge in [0.15, 0.2) is 6.10 Å². The summed E-state index contributed by atoms with van der Waals surface area (Å²) < 4.78 is 4.92. The average molecular weight is 235 g/mol. The van der Waals surface area contributed by atoms with Crippen LogP contribution in [0.25, 0.3) is 0 Å². The van der Waals surface area contributed by atoms with Crippen molar-refractivity contribution in [2.24, 2.45) is 0 Å². The van der Waals surface area contributed by atoms with Gasteiger partial charge in [-0.15, -0.1) is 0 Å². The highest BCUT2D eigenvalue weighted by Gasteiger charge is 2.15. The quantitative estimate of drug-likeness (QED) is 0.764. The van der Waals surface area contributed by atoms with Crippen LogP contribution in [0.15, 0.2) is 18.3 Å². The molecule has 1 heterocycles. The molecule has 0 saturated heterocycles. The molecular formula is C11H13N3O3. The minimum atomic E-state index is -1.23. The largest absolute Gasteiger partial charge is 0.381 e. The third-order valence-electron chi connectivity index (χ3n) is 1.93. The van der Waals surface area contributed by atoms with Crippen molar-refractivity contribution in [1.29, 1.82) is 5.26 Å². The van der Waals surface area contributed by atoms with Gasteiger partial charge in [-0.1, -0.05) is 0 Å². The Labute approximate surface area is 98.9 Å². The molecule has 0 aromatic carbocycles. The molecule has 0 saturated carbocycles. The second-order valence-electron chi connectivity index (χ2n) is 3.21. The first-order valence-electron chi connectivity index (χ1n) is 5.10. The minimum Gasteiger partial charge on any atom is -0.381 e. The van der Waals surface area contributed by atoms with Crippen LogP contribution >= 0.6 is 0 Å². The normalized spacial score (nSPS) is 11.6. The molecule has 17 heavy (non-hydrogen) atoms. The SMILES string of the molecule is CCOC[C@H](O)C(=O)Nc1ccc(C#N)cn1. The van der Waals surface area contributed by atoms with Crippen molar-refractivity contribution in [2.75, 3.05) is 18.5 Å². The van der Waals surface area contributed by atoms with Crippen LogP contribution in [0.2, 0.25) is 0 Å². The van der Waals surface area contributed by atoms with Crippen molar-refractivity contribution in [1.82, 2.24) is 4.98 Å². The van der Waals surface area contributed by atoms with E-state index in [9.17, 15) is 9.90 Å². The lowest BCUT2D eigenvalue weighted by atomic mass is 10.3. The fourth-order valence-electron chi connectivity index (χ4n) is 1.05. The molecule has 0 aliphatic carbocycles. The number of aromatic nitrogens is 1. The Balaban J connectivity index is 2.52. The van der Waals surface area contributed by atoms with E-state index in [1.54, 1.807) is 6.92 Å². The van der Waals surface area contributed by atoms with Gasteiger partial charge in [-0.25, -0.2) is 4.98 Å². The number of carbonyl (C=O) groups is 1. The van der Waals surface area contributed by atoms with Gasteiger partial charge in [0.2, 0.25) is 0 Å². The highest BCUT2D eigenvalue weighted by Crippen LogP contribution is 2.04. The molecular weight excluding hydrogens is 222 g/mol. The number of carbonyl (C=O) groups excluding carboxylic acids is 1. The molecule has 1 aromatic rings. The molecule has 0 fully saturated rings. The van der Waals surface area contributed by atoms with Crippen molar-refractivity contribution in [2.45, 2.75) is 13.0 Å². The summed E-state index contributed by atoms with van der Waals surface area (Å²) in [6.45, 7) is 2.14. The molecule has 90 valence electrons. The van der Waals surface area contributed by atoms with Crippen molar-refractivity contribution >= 4 is 11.7 Å². The van der Waals surface area contributed by atoms with E-state index in [-0.39, 0.29) is 12.4 Å². The highest BCUT2D eigenvalue weighted by molar-refractivity contribution is 5.93. The second kappa shape index (κ2) is 6.58. The molecule has 1 amide bonds. The van der Waals surface area contributed by atoms with Gasteiger partial charge in [-0.3, -0.25) is 4.79 Å². The Hall–Kier alpha value is -1.97. The predicted octanol–water partition coefficient (Wildman–Crippen LogP) is 0.289. The first-order valence-corrected chi connectivity index (χ1v) is 5.10. The number of nitriles is 1. The number of amides is 1. The van der Waals surface area contributed by atoms with E-state index in [1.807, 2.05) is 6.07 Å². The zero-order valence-corrected chi connectivity index (χ0v) is 9.38. The molecule has 0 aliphatic heterocycles. The molecule has 1 rings (SSSR count). The van der Waals surface area contributed by atoms with Gasteiger partial charge in [0.05, 0.1) is 12.2 Å². The van der Waals surface area contributed by atoms with E-state index in [2.05, 4.69) is 10.3 Å². The summed E-state index contributed by atoms with van der Waals surface area (Å²) in [7, 11) is 0.